The van der Waals surface area contributed by atoms with Crippen molar-refractivity contribution in [3.05, 3.63) is 210 Å². The molecule has 0 atom stereocenters. The Morgan fingerprint density at radius 1 is 0.353 bits per heavy atom. The number of thiophene rings is 1. The lowest BCUT2D eigenvalue weighted by molar-refractivity contribution is 0.793. The molecule has 238 valence electrons. The van der Waals surface area contributed by atoms with Crippen molar-refractivity contribution in [2.24, 2.45) is 0 Å². The molecule has 1 nitrogen and oxygen atoms in total. The second-order valence-electron chi connectivity index (χ2n) is 13.6. The summed E-state index contributed by atoms with van der Waals surface area (Å²) in [4.78, 5) is 2.45. The van der Waals surface area contributed by atoms with Crippen molar-refractivity contribution in [3.8, 4) is 33.4 Å². The Hall–Kier alpha value is -6.22. The van der Waals surface area contributed by atoms with Crippen LogP contribution >= 0.6 is 11.3 Å². The van der Waals surface area contributed by atoms with Crippen molar-refractivity contribution in [2.45, 2.75) is 5.41 Å². The van der Waals surface area contributed by atoms with Crippen LogP contribution in [0.2, 0.25) is 0 Å². The fourth-order valence-electron chi connectivity index (χ4n) is 9.03. The molecule has 0 aliphatic heterocycles. The maximum absolute atomic E-state index is 2.48. The average molecular weight is 666 g/mol. The molecule has 2 heteroatoms. The van der Waals surface area contributed by atoms with Gasteiger partial charge in [0, 0.05) is 37.1 Å². The Balaban J connectivity index is 1.17. The average Bonchev–Trinajstić information content (AvgIpc) is 3.82. The largest absolute Gasteiger partial charge is 0.310 e. The van der Waals surface area contributed by atoms with Crippen LogP contribution in [0.4, 0.5) is 17.1 Å². The molecule has 11 rings (SSSR count). The minimum atomic E-state index is -0.401. The van der Waals surface area contributed by atoms with Crippen LogP contribution < -0.4 is 4.90 Å². The Morgan fingerprint density at radius 2 is 0.902 bits per heavy atom. The van der Waals surface area contributed by atoms with E-state index in [-0.39, 0.29) is 0 Å². The van der Waals surface area contributed by atoms with Crippen molar-refractivity contribution in [2.75, 3.05) is 4.90 Å². The van der Waals surface area contributed by atoms with E-state index in [9.17, 15) is 0 Å². The summed E-state index contributed by atoms with van der Waals surface area (Å²) in [6.07, 6.45) is 0. The number of nitrogens with zero attached hydrogens (tertiary/aromatic N) is 1. The van der Waals surface area contributed by atoms with Gasteiger partial charge in [-0.2, -0.15) is 0 Å². The van der Waals surface area contributed by atoms with Gasteiger partial charge in [-0.05, 0) is 98.6 Å². The highest BCUT2D eigenvalue weighted by Gasteiger charge is 2.51. The molecular formula is C49H31NS. The maximum atomic E-state index is 2.48. The monoisotopic (exact) mass is 665 g/mol. The number of para-hydroxylation sites is 2. The van der Waals surface area contributed by atoms with Gasteiger partial charge in [0.1, 0.15) is 0 Å². The number of anilines is 3. The summed E-state index contributed by atoms with van der Waals surface area (Å²) in [6, 6.07) is 69.7. The zero-order valence-corrected chi connectivity index (χ0v) is 28.6. The Bertz CT molecular complexity index is 2760. The Morgan fingerprint density at radius 3 is 1.61 bits per heavy atom. The zero-order valence-electron chi connectivity index (χ0n) is 27.8. The van der Waals surface area contributed by atoms with Crippen LogP contribution in [-0.4, -0.2) is 0 Å². The lowest BCUT2D eigenvalue weighted by Crippen LogP contribution is -2.26. The van der Waals surface area contributed by atoms with Crippen molar-refractivity contribution in [3.63, 3.8) is 0 Å². The highest BCUT2D eigenvalue weighted by Crippen LogP contribution is 2.63. The van der Waals surface area contributed by atoms with Crippen LogP contribution in [0.3, 0.4) is 0 Å². The minimum absolute atomic E-state index is 0.401. The molecule has 0 saturated carbocycles. The SMILES string of the molecule is c1ccc(N(c2ccc3c(c2)C2(c4ccccc4-c4ccccc42)c2ccccc2-3)c2ccccc2-c2ccc3sc4ccccc4c3c2)cc1. The number of hydrogen-bond donors (Lipinski definition) is 0. The van der Waals surface area contributed by atoms with E-state index in [2.05, 4.69) is 193 Å². The quantitative estimate of drug-likeness (QED) is 0.181. The molecule has 0 bridgehead atoms. The second-order valence-corrected chi connectivity index (χ2v) is 14.7. The first-order chi connectivity index (χ1) is 25.3. The first kappa shape index (κ1) is 28.6. The van der Waals surface area contributed by atoms with Gasteiger partial charge >= 0.3 is 0 Å². The third kappa shape index (κ3) is 3.97. The zero-order chi connectivity index (χ0) is 33.5. The Labute approximate surface area is 301 Å². The molecular weight excluding hydrogens is 635 g/mol. The maximum Gasteiger partial charge on any atom is 0.0726 e. The molecule has 1 spiro atoms. The molecule has 0 fully saturated rings. The van der Waals surface area contributed by atoms with E-state index in [0.29, 0.717) is 0 Å². The minimum Gasteiger partial charge on any atom is -0.310 e. The number of hydrogen-bond acceptors (Lipinski definition) is 2. The van der Waals surface area contributed by atoms with Crippen molar-refractivity contribution in [1.82, 2.24) is 0 Å². The summed E-state index contributed by atoms with van der Waals surface area (Å²) < 4.78 is 2.64. The molecule has 0 amide bonds. The summed E-state index contributed by atoms with van der Waals surface area (Å²) >= 11 is 1.87. The third-order valence-corrected chi connectivity index (χ3v) is 12.2. The number of fused-ring (bicyclic) bond motifs is 13. The van der Waals surface area contributed by atoms with E-state index in [4.69, 9.17) is 0 Å². The molecule has 51 heavy (non-hydrogen) atoms. The highest BCUT2D eigenvalue weighted by molar-refractivity contribution is 7.25. The van der Waals surface area contributed by atoms with Crippen LogP contribution in [0.1, 0.15) is 22.3 Å². The molecule has 9 aromatic rings. The summed E-state index contributed by atoms with van der Waals surface area (Å²) in [6.45, 7) is 0. The van der Waals surface area contributed by atoms with Gasteiger partial charge in [0.05, 0.1) is 11.1 Å². The van der Waals surface area contributed by atoms with Gasteiger partial charge in [-0.25, -0.2) is 0 Å². The van der Waals surface area contributed by atoms with E-state index in [1.807, 2.05) is 11.3 Å². The Kier molecular flexibility index (Phi) is 6.11. The van der Waals surface area contributed by atoms with Crippen LogP contribution in [0.5, 0.6) is 0 Å². The lowest BCUT2D eigenvalue weighted by atomic mass is 9.70. The summed E-state index contributed by atoms with van der Waals surface area (Å²) in [7, 11) is 0. The van der Waals surface area contributed by atoms with E-state index in [1.165, 1.54) is 75.8 Å². The van der Waals surface area contributed by atoms with Crippen LogP contribution in [0, 0.1) is 0 Å². The molecule has 0 unspecified atom stereocenters. The van der Waals surface area contributed by atoms with E-state index < -0.39 is 5.41 Å². The first-order valence-electron chi connectivity index (χ1n) is 17.6. The predicted octanol–water partition coefficient (Wildman–Crippen LogP) is 13.5. The van der Waals surface area contributed by atoms with Gasteiger partial charge < -0.3 is 4.90 Å². The van der Waals surface area contributed by atoms with E-state index in [0.717, 1.165) is 17.1 Å². The molecule has 0 saturated heterocycles. The van der Waals surface area contributed by atoms with E-state index in [1.54, 1.807) is 0 Å². The molecule has 1 aromatic heterocycles. The topological polar surface area (TPSA) is 3.24 Å². The van der Waals surface area contributed by atoms with Crippen molar-refractivity contribution < 1.29 is 0 Å². The van der Waals surface area contributed by atoms with Crippen molar-refractivity contribution in [1.29, 1.82) is 0 Å². The van der Waals surface area contributed by atoms with Gasteiger partial charge in [-0.1, -0.05) is 140 Å². The van der Waals surface area contributed by atoms with Crippen LogP contribution in [0.15, 0.2) is 188 Å². The molecule has 1 heterocycles. The van der Waals surface area contributed by atoms with Crippen LogP contribution in [-0.2, 0) is 5.41 Å². The standard InChI is InChI=1S/C49H31NS/c1-2-14-33(15-3-1)50(46-24-12-7-16-35(46)32-26-29-48-41(30-32)40-20-8-13-25-47(40)51-48)34-27-28-39-38-19-6-11-23-44(38)49(45(39)31-34)42-21-9-4-17-36(42)37-18-5-10-22-43(37)49/h1-31H. The smallest absolute Gasteiger partial charge is 0.0726 e. The van der Waals surface area contributed by atoms with Gasteiger partial charge in [-0.15, -0.1) is 11.3 Å². The van der Waals surface area contributed by atoms with Crippen LogP contribution in [0.25, 0.3) is 53.6 Å². The van der Waals surface area contributed by atoms with Gasteiger partial charge in [0.15, 0.2) is 0 Å². The second kappa shape index (κ2) is 10.9. The van der Waals surface area contributed by atoms with Gasteiger partial charge in [-0.3, -0.25) is 0 Å². The molecule has 0 radical (unpaired) electrons. The first-order valence-corrected chi connectivity index (χ1v) is 18.4. The van der Waals surface area contributed by atoms with E-state index >= 15 is 0 Å². The fraction of sp³-hybridized carbons (Fsp3) is 0.0204. The predicted molar refractivity (Wildman–Crippen MR) is 216 cm³/mol. The summed E-state index contributed by atoms with van der Waals surface area (Å²) in [5, 5.41) is 2.63. The van der Waals surface area contributed by atoms with Gasteiger partial charge in [0.25, 0.3) is 0 Å². The summed E-state index contributed by atoms with van der Waals surface area (Å²) in [5.74, 6) is 0. The molecule has 8 aromatic carbocycles. The number of rotatable bonds is 4. The third-order valence-electron chi connectivity index (χ3n) is 11.1. The highest BCUT2D eigenvalue weighted by atomic mass is 32.1. The molecule has 0 N–H and O–H groups in total. The normalized spacial score (nSPS) is 13.3. The lowest BCUT2D eigenvalue weighted by Gasteiger charge is -2.32. The van der Waals surface area contributed by atoms with Crippen molar-refractivity contribution >= 4 is 48.6 Å². The van der Waals surface area contributed by atoms with Gasteiger partial charge in [0.2, 0.25) is 0 Å². The number of benzene rings is 8. The fourth-order valence-corrected chi connectivity index (χ4v) is 10.1. The molecule has 2 aliphatic carbocycles. The molecule has 2 aliphatic rings. The summed E-state index contributed by atoms with van der Waals surface area (Å²) in [5.41, 5.74) is 16.1.